The Balaban J connectivity index is 0.000000527. The maximum Gasteiger partial charge on any atom is 0.293 e. The number of rotatable bonds is 6. The van der Waals surface area contributed by atoms with Crippen LogP contribution >= 0.6 is 0 Å². The van der Waals surface area contributed by atoms with Gasteiger partial charge in [0, 0.05) is 30.1 Å². The van der Waals surface area contributed by atoms with Crippen LogP contribution < -0.4 is 16.6 Å². The highest BCUT2D eigenvalue weighted by Crippen LogP contribution is 2.41. The molecule has 0 saturated heterocycles. The number of likely N-dealkylation sites (N-methyl/N-ethyl adjacent to an activating group) is 1. The number of halogens is 1. The molecule has 5 rings (SSSR count). The molecule has 1 atom stereocenters. The van der Waals surface area contributed by atoms with Gasteiger partial charge in [0.05, 0.1) is 35.1 Å². The quantitative estimate of drug-likeness (QED) is 0.311. The maximum absolute atomic E-state index is 14.5. The van der Waals surface area contributed by atoms with E-state index < -0.39 is 6.10 Å². The molecule has 4 N–H and O–H groups in total. The summed E-state index contributed by atoms with van der Waals surface area (Å²) in [6, 6.07) is 3.22. The second-order valence-corrected chi connectivity index (χ2v) is 8.96. The average molecular weight is 543 g/mol. The van der Waals surface area contributed by atoms with Crippen molar-refractivity contribution in [3.63, 3.8) is 0 Å². The molecule has 2 aromatic heterocycles. The summed E-state index contributed by atoms with van der Waals surface area (Å²) in [6.07, 6.45) is 1.68. The number of hydrogen-bond acceptors (Lipinski definition) is 7. The molecule has 0 amide bonds. The summed E-state index contributed by atoms with van der Waals surface area (Å²) in [4.78, 5) is 28.6. The Bertz CT molecular complexity index is 1350. The van der Waals surface area contributed by atoms with Gasteiger partial charge in [0.2, 0.25) is 0 Å². The van der Waals surface area contributed by atoms with E-state index in [1.54, 1.807) is 24.5 Å². The van der Waals surface area contributed by atoms with Gasteiger partial charge < -0.3 is 25.5 Å². The van der Waals surface area contributed by atoms with Crippen LogP contribution in [0.5, 0.6) is 0 Å². The first-order chi connectivity index (χ1) is 18.8. The Hall–Kier alpha value is -3.14. The van der Waals surface area contributed by atoms with Gasteiger partial charge in [-0.05, 0) is 68.5 Å². The smallest absolute Gasteiger partial charge is 0.293 e. The first kappa shape index (κ1) is 32.1. The van der Waals surface area contributed by atoms with E-state index in [9.17, 15) is 19.1 Å². The van der Waals surface area contributed by atoms with E-state index in [2.05, 4.69) is 5.32 Å². The first-order valence-electron chi connectivity index (χ1n) is 13.8. The number of carbonyl (C=O) groups excluding carboxylic acids is 1. The number of fused-ring (bicyclic) bond motifs is 4. The SMILES string of the molecule is CC.CC.CNCCN.Cc1c(F)cc2nc3c(c4c2c1CCC4)Cn1c-3cc(C(C)O)c(COC=O)c1=O. The van der Waals surface area contributed by atoms with E-state index in [-0.39, 0.29) is 30.0 Å². The molecule has 8 nitrogen and oxygen atoms in total. The molecule has 1 aliphatic carbocycles. The van der Waals surface area contributed by atoms with Crippen molar-refractivity contribution < 1.29 is 19.0 Å². The highest BCUT2D eigenvalue weighted by Gasteiger charge is 2.31. The summed E-state index contributed by atoms with van der Waals surface area (Å²) < 4.78 is 21.0. The van der Waals surface area contributed by atoms with Gasteiger partial charge in [-0.25, -0.2) is 9.37 Å². The van der Waals surface area contributed by atoms with Gasteiger partial charge in [0.1, 0.15) is 12.4 Å². The van der Waals surface area contributed by atoms with Gasteiger partial charge in [0.25, 0.3) is 12.0 Å². The second kappa shape index (κ2) is 14.9. The third kappa shape index (κ3) is 6.37. The zero-order valence-electron chi connectivity index (χ0n) is 24.3. The van der Waals surface area contributed by atoms with Crippen molar-refractivity contribution in [3.05, 3.63) is 61.7 Å². The third-order valence-electron chi connectivity index (χ3n) is 6.80. The van der Waals surface area contributed by atoms with Crippen LogP contribution in [0.25, 0.3) is 22.3 Å². The minimum absolute atomic E-state index is 0.198. The highest BCUT2D eigenvalue weighted by molar-refractivity contribution is 5.92. The molecule has 0 saturated carbocycles. The number of nitrogens with one attached hydrogen (secondary N) is 1. The van der Waals surface area contributed by atoms with Crippen molar-refractivity contribution >= 4 is 17.4 Å². The summed E-state index contributed by atoms with van der Waals surface area (Å²) in [6.45, 7) is 13.5. The largest absolute Gasteiger partial charge is 0.463 e. The van der Waals surface area contributed by atoms with E-state index in [0.29, 0.717) is 34.6 Å². The summed E-state index contributed by atoms with van der Waals surface area (Å²) in [5, 5.41) is 14.1. The van der Waals surface area contributed by atoms with Gasteiger partial charge in [-0.2, -0.15) is 0 Å². The number of aliphatic hydroxyl groups excluding tert-OH is 1. The topological polar surface area (TPSA) is 119 Å². The molecule has 1 aromatic carbocycles. The predicted octanol–water partition coefficient (Wildman–Crippen LogP) is 4.30. The summed E-state index contributed by atoms with van der Waals surface area (Å²) >= 11 is 0. The standard InChI is InChI=1S/C23H21FN2O4.C3H10N2.2C2H6/c1-11-13-4-3-5-14-16-8-26-20(22(16)25-19(21(13)14)7-18(11)24)6-15(12(2)28)17(23(26)29)9-30-10-27;1-5-3-2-4;2*1-2/h6-7,10,12,28H,3-5,8-9H2,1-2H3;5H,2-4H2,1H3;2*1-2H3. The molecular formula is C30H43FN4O4. The normalized spacial score (nSPS) is 13.0. The second-order valence-electron chi connectivity index (χ2n) is 8.96. The van der Waals surface area contributed by atoms with E-state index in [1.165, 1.54) is 6.07 Å². The fraction of sp³-hybridized carbons (Fsp3) is 0.500. The van der Waals surface area contributed by atoms with Gasteiger partial charge in [-0.1, -0.05) is 27.7 Å². The Kier molecular flexibility index (Phi) is 12.2. The first-order valence-corrected chi connectivity index (χ1v) is 13.8. The minimum atomic E-state index is -0.914. The molecule has 3 aromatic rings. The lowest BCUT2D eigenvalue weighted by Crippen LogP contribution is -2.26. The highest BCUT2D eigenvalue weighted by atomic mass is 19.1. The van der Waals surface area contributed by atoms with Crippen molar-refractivity contribution in [2.24, 2.45) is 5.73 Å². The zero-order valence-corrected chi connectivity index (χ0v) is 24.3. The van der Waals surface area contributed by atoms with E-state index in [1.807, 2.05) is 34.7 Å². The molecule has 0 bridgehead atoms. The molecular weight excluding hydrogens is 499 g/mol. The van der Waals surface area contributed by atoms with Crippen LogP contribution in [0.1, 0.15) is 80.5 Å². The van der Waals surface area contributed by atoms with E-state index in [4.69, 9.17) is 15.5 Å². The van der Waals surface area contributed by atoms with Crippen molar-refractivity contribution in [3.8, 4) is 11.4 Å². The molecule has 1 unspecified atom stereocenters. The number of pyridine rings is 2. The number of carbonyl (C=O) groups is 1. The van der Waals surface area contributed by atoms with Gasteiger partial charge >= 0.3 is 0 Å². The minimum Gasteiger partial charge on any atom is -0.463 e. The fourth-order valence-electron chi connectivity index (χ4n) is 5.10. The lowest BCUT2D eigenvalue weighted by molar-refractivity contribution is -0.129. The van der Waals surface area contributed by atoms with Gasteiger partial charge in [-0.15, -0.1) is 0 Å². The molecule has 1 aliphatic heterocycles. The maximum atomic E-state index is 14.5. The van der Waals surface area contributed by atoms with Crippen LogP contribution in [-0.2, 0) is 35.5 Å². The molecule has 0 spiro atoms. The van der Waals surface area contributed by atoms with Crippen LogP contribution in [-0.4, -0.2) is 41.3 Å². The zero-order chi connectivity index (χ0) is 29.3. The van der Waals surface area contributed by atoms with Crippen molar-refractivity contribution in [2.45, 2.75) is 80.1 Å². The molecule has 39 heavy (non-hydrogen) atoms. The van der Waals surface area contributed by atoms with Crippen LogP contribution in [0.3, 0.4) is 0 Å². The molecule has 3 heterocycles. The number of nitrogens with zero attached hydrogens (tertiary/aromatic N) is 2. The Labute approximate surface area is 230 Å². The van der Waals surface area contributed by atoms with E-state index in [0.717, 1.165) is 54.4 Å². The monoisotopic (exact) mass is 542 g/mol. The predicted molar refractivity (Wildman–Crippen MR) is 154 cm³/mol. The third-order valence-corrected chi connectivity index (χ3v) is 6.80. The molecule has 0 radical (unpaired) electrons. The summed E-state index contributed by atoms with van der Waals surface area (Å²) in [5.41, 5.74) is 11.1. The number of nitrogens with two attached hydrogens (primary N) is 1. The van der Waals surface area contributed by atoms with E-state index >= 15 is 0 Å². The molecule has 0 fully saturated rings. The van der Waals surface area contributed by atoms with Crippen LogP contribution in [0.15, 0.2) is 16.9 Å². The number of aliphatic hydroxyl groups is 1. The number of aromatic nitrogens is 2. The number of hydrogen-bond donors (Lipinski definition) is 3. The van der Waals surface area contributed by atoms with Crippen LogP contribution in [0.2, 0.25) is 0 Å². The van der Waals surface area contributed by atoms with Crippen molar-refractivity contribution in [1.82, 2.24) is 14.9 Å². The lowest BCUT2D eigenvalue weighted by Gasteiger charge is -2.21. The molecule has 214 valence electrons. The molecule has 2 aliphatic rings. The Morgan fingerprint density at radius 2 is 1.87 bits per heavy atom. The van der Waals surface area contributed by atoms with Crippen molar-refractivity contribution in [2.75, 3.05) is 20.1 Å². The van der Waals surface area contributed by atoms with Crippen LogP contribution in [0.4, 0.5) is 4.39 Å². The Morgan fingerprint density at radius 3 is 2.44 bits per heavy atom. The Morgan fingerprint density at radius 1 is 1.21 bits per heavy atom. The number of aryl methyl sites for hydroxylation is 2. The summed E-state index contributed by atoms with van der Waals surface area (Å²) in [5.74, 6) is -0.265. The fourth-order valence-corrected chi connectivity index (χ4v) is 5.10. The lowest BCUT2D eigenvalue weighted by atomic mass is 9.85. The molecule has 9 heteroatoms. The average Bonchev–Trinajstić information content (AvgIpc) is 3.33. The number of ether oxygens (including phenoxy) is 1. The summed E-state index contributed by atoms with van der Waals surface area (Å²) in [7, 11) is 1.88. The van der Waals surface area contributed by atoms with Gasteiger partial charge in [0.15, 0.2) is 0 Å². The van der Waals surface area contributed by atoms with Crippen LogP contribution in [0, 0.1) is 12.7 Å². The number of benzene rings is 1. The van der Waals surface area contributed by atoms with Crippen molar-refractivity contribution in [1.29, 1.82) is 0 Å². The van der Waals surface area contributed by atoms with Gasteiger partial charge in [-0.3, -0.25) is 9.59 Å².